The van der Waals surface area contributed by atoms with Gasteiger partial charge in [0.25, 0.3) is 0 Å². The van der Waals surface area contributed by atoms with Crippen LogP contribution in [0.4, 0.5) is 4.39 Å². The van der Waals surface area contributed by atoms with E-state index in [0.717, 1.165) is 0 Å². The summed E-state index contributed by atoms with van der Waals surface area (Å²) in [7, 11) is 2.28. The van der Waals surface area contributed by atoms with E-state index in [-0.39, 0.29) is 0 Å². The number of rotatable bonds is 2. The lowest BCUT2D eigenvalue weighted by Gasteiger charge is -2.14. The summed E-state index contributed by atoms with van der Waals surface area (Å²) in [6.07, 6.45) is 0.392. The monoisotopic (exact) mass is 124 g/mol. The Morgan fingerprint density at radius 1 is 1.86 bits per heavy atom. The fraction of sp³-hybridized carbons (Fsp3) is 1.00. The van der Waals surface area contributed by atoms with Gasteiger partial charge >= 0.3 is 0 Å². The summed E-state index contributed by atoms with van der Waals surface area (Å²) in [6, 6.07) is 0. The number of aliphatic hydroxyl groups is 1. The van der Waals surface area contributed by atoms with Crippen molar-refractivity contribution < 1.29 is 9.50 Å². The number of alkyl halides is 1. The van der Waals surface area contributed by atoms with Crippen molar-refractivity contribution in [1.29, 1.82) is 0 Å². The van der Waals surface area contributed by atoms with Crippen molar-refractivity contribution in [1.82, 2.24) is 0 Å². The second kappa shape index (κ2) is 2.58. The maximum Gasteiger partial charge on any atom is 0.118 e. The van der Waals surface area contributed by atoms with E-state index >= 15 is 0 Å². The molecule has 2 atom stereocenters. The molecule has 7 heavy (non-hydrogen) atoms. The van der Waals surface area contributed by atoms with Crippen LogP contribution in [0.5, 0.6) is 0 Å². The third-order valence-corrected chi connectivity index (χ3v) is 1.61. The second-order valence-corrected chi connectivity index (χ2v) is 2.24. The average molecular weight is 124 g/mol. The average Bonchev–Trinajstić information content (AvgIpc) is 1.68. The molecular weight excluding hydrogens is 114 g/mol. The van der Waals surface area contributed by atoms with Gasteiger partial charge in [0.05, 0.1) is 5.60 Å². The Hall–Kier alpha value is 0.320. The molecule has 0 heterocycles. The number of hydrogen-bond acceptors (Lipinski definition) is 1. The first-order valence-corrected chi connectivity index (χ1v) is 2.92. The van der Waals surface area contributed by atoms with Gasteiger partial charge in [0.1, 0.15) is 6.67 Å². The first kappa shape index (κ1) is 7.32. The van der Waals surface area contributed by atoms with Crippen molar-refractivity contribution in [2.75, 3.05) is 12.8 Å². The maximum atomic E-state index is 11.5. The molecule has 0 aliphatic rings. The van der Waals surface area contributed by atoms with E-state index in [1.807, 2.05) is 0 Å². The molecule has 0 rings (SSSR count). The molecule has 0 aromatic heterocycles. The van der Waals surface area contributed by atoms with Gasteiger partial charge in [0.2, 0.25) is 0 Å². The minimum absolute atomic E-state index is 0.392. The first-order chi connectivity index (χ1) is 3.12. The van der Waals surface area contributed by atoms with E-state index in [1.54, 1.807) is 0 Å². The molecule has 0 spiro atoms. The van der Waals surface area contributed by atoms with Gasteiger partial charge in [-0.2, -0.15) is 0 Å². The Morgan fingerprint density at radius 2 is 2.29 bits per heavy atom. The van der Waals surface area contributed by atoms with Crippen LogP contribution < -0.4 is 0 Å². The third-order valence-electron chi connectivity index (χ3n) is 0.728. The summed E-state index contributed by atoms with van der Waals surface area (Å²) in [5.41, 5.74) is -1.12. The van der Waals surface area contributed by atoms with Gasteiger partial charge in [-0.05, 0) is 13.1 Å². The van der Waals surface area contributed by atoms with Gasteiger partial charge in [-0.3, -0.25) is 0 Å². The standard InChI is InChI=1S/C4H10FOP/c1-4(6,2-5)3-7/h6H,2-3,7H2,1H3. The van der Waals surface area contributed by atoms with Crippen LogP contribution in [0.25, 0.3) is 0 Å². The summed E-state index contributed by atoms with van der Waals surface area (Å²) < 4.78 is 11.5. The minimum Gasteiger partial charge on any atom is -0.387 e. The van der Waals surface area contributed by atoms with Crippen LogP contribution in [-0.4, -0.2) is 23.5 Å². The molecule has 1 N–H and O–H groups in total. The van der Waals surface area contributed by atoms with Crippen LogP contribution >= 0.6 is 9.24 Å². The number of hydrogen-bond donors (Lipinski definition) is 1. The van der Waals surface area contributed by atoms with Crippen LogP contribution in [0, 0.1) is 0 Å². The van der Waals surface area contributed by atoms with Crippen molar-refractivity contribution in [2.45, 2.75) is 12.5 Å². The van der Waals surface area contributed by atoms with E-state index in [4.69, 9.17) is 5.11 Å². The molecule has 0 fully saturated rings. The van der Waals surface area contributed by atoms with Crippen molar-refractivity contribution >= 4 is 9.24 Å². The molecule has 0 saturated carbocycles. The largest absolute Gasteiger partial charge is 0.387 e. The Kier molecular flexibility index (Phi) is 2.70. The molecule has 0 aliphatic heterocycles. The van der Waals surface area contributed by atoms with Crippen molar-refractivity contribution in [3.05, 3.63) is 0 Å². The number of halogens is 1. The molecule has 44 valence electrons. The van der Waals surface area contributed by atoms with Gasteiger partial charge in [0.15, 0.2) is 0 Å². The molecule has 0 bridgehead atoms. The minimum atomic E-state index is -1.12. The van der Waals surface area contributed by atoms with Crippen molar-refractivity contribution in [3.8, 4) is 0 Å². The molecule has 0 aromatic carbocycles. The highest BCUT2D eigenvalue weighted by molar-refractivity contribution is 7.16. The van der Waals surface area contributed by atoms with Gasteiger partial charge in [-0.25, -0.2) is 4.39 Å². The van der Waals surface area contributed by atoms with E-state index in [2.05, 4.69) is 9.24 Å². The molecule has 0 saturated heterocycles. The predicted molar refractivity (Wildman–Crippen MR) is 31.2 cm³/mol. The molecule has 2 unspecified atom stereocenters. The van der Waals surface area contributed by atoms with E-state index in [1.165, 1.54) is 6.92 Å². The second-order valence-electron chi connectivity index (χ2n) is 1.83. The van der Waals surface area contributed by atoms with E-state index < -0.39 is 12.3 Å². The molecular formula is C4H10FOP. The summed E-state index contributed by atoms with van der Waals surface area (Å²) in [5.74, 6) is 0. The van der Waals surface area contributed by atoms with Crippen LogP contribution in [0.15, 0.2) is 0 Å². The SMILES string of the molecule is CC(O)(CF)CP. The van der Waals surface area contributed by atoms with Gasteiger partial charge < -0.3 is 5.11 Å². The molecule has 0 aliphatic carbocycles. The quantitative estimate of drug-likeness (QED) is 0.534. The molecule has 3 heteroatoms. The highest BCUT2D eigenvalue weighted by Crippen LogP contribution is 2.06. The summed E-state index contributed by atoms with van der Waals surface area (Å²) in [4.78, 5) is 0. The Bertz CT molecular complexity index is 49.7. The smallest absolute Gasteiger partial charge is 0.118 e. The van der Waals surface area contributed by atoms with Gasteiger partial charge in [0, 0.05) is 0 Å². The van der Waals surface area contributed by atoms with E-state index in [0.29, 0.717) is 6.16 Å². The van der Waals surface area contributed by atoms with Crippen LogP contribution in [0.1, 0.15) is 6.92 Å². The highest BCUT2D eigenvalue weighted by atomic mass is 31.0. The Balaban J connectivity index is 3.36. The van der Waals surface area contributed by atoms with Crippen LogP contribution in [0.2, 0.25) is 0 Å². The van der Waals surface area contributed by atoms with Gasteiger partial charge in [-0.15, -0.1) is 9.24 Å². The van der Waals surface area contributed by atoms with Crippen molar-refractivity contribution in [2.24, 2.45) is 0 Å². The third kappa shape index (κ3) is 2.95. The topological polar surface area (TPSA) is 20.2 Å². The van der Waals surface area contributed by atoms with Gasteiger partial charge in [-0.1, -0.05) is 0 Å². The van der Waals surface area contributed by atoms with E-state index in [9.17, 15) is 4.39 Å². The zero-order chi connectivity index (χ0) is 5.91. The zero-order valence-corrected chi connectivity index (χ0v) is 5.47. The lowest BCUT2D eigenvalue weighted by Crippen LogP contribution is -2.28. The maximum absolute atomic E-state index is 11.5. The molecule has 0 radical (unpaired) electrons. The fourth-order valence-electron chi connectivity index (χ4n) is 0.0546. The predicted octanol–water partition coefficient (Wildman–Crippen LogP) is 0.582. The first-order valence-electron chi connectivity index (χ1n) is 2.11. The summed E-state index contributed by atoms with van der Waals surface area (Å²) in [6.45, 7) is 0.788. The van der Waals surface area contributed by atoms with Crippen LogP contribution in [0.3, 0.4) is 0 Å². The summed E-state index contributed by atoms with van der Waals surface area (Å²) in [5, 5.41) is 8.74. The zero-order valence-electron chi connectivity index (χ0n) is 4.32. The summed E-state index contributed by atoms with van der Waals surface area (Å²) >= 11 is 0. The fourth-order valence-corrected chi connectivity index (χ4v) is 0.164. The molecule has 0 aromatic rings. The molecule has 1 nitrogen and oxygen atoms in total. The van der Waals surface area contributed by atoms with Crippen LogP contribution in [-0.2, 0) is 0 Å². The Labute approximate surface area is 45.1 Å². The lowest BCUT2D eigenvalue weighted by atomic mass is 10.2. The highest BCUT2D eigenvalue weighted by Gasteiger charge is 2.15. The Morgan fingerprint density at radius 3 is 2.29 bits per heavy atom. The van der Waals surface area contributed by atoms with Crippen molar-refractivity contribution in [3.63, 3.8) is 0 Å². The lowest BCUT2D eigenvalue weighted by molar-refractivity contribution is 0.0568. The molecule has 0 amide bonds. The normalized spacial score (nSPS) is 18.9.